The standard InChI is InChI=1S/C13H19BrN2O2.ClH/c1-4-18-12-7-10(14)5-6-11(12)16-13(17)8(2)9(3)15;/h5-9H,4,15H2,1-3H3,(H,16,17);1H. The molecule has 1 aromatic carbocycles. The molecule has 1 rings (SSSR count). The molecule has 3 N–H and O–H groups in total. The predicted molar refractivity (Wildman–Crippen MR) is 84.0 cm³/mol. The Morgan fingerprint density at radius 2 is 2.11 bits per heavy atom. The van der Waals surface area contributed by atoms with Crippen molar-refractivity contribution in [1.29, 1.82) is 0 Å². The van der Waals surface area contributed by atoms with Gasteiger partial charge in [-0.15, -0.1) is 12.4 Å². The summed E-state index contributed by atoms with van der Waals surface area (Å²) in [6.45, 7) is 6.06. The summed E-state index contributed by atoms with van der Waals surface area (Å²) >= 11 is 3.37. The fourth-order valence-electron chi connectivity index (χ4n) is 1.36. The average molecular weight is 352 g/mol. The molecular formula is C13H20BrClN2O2. The fourth-order valence-corrected chi connectivity index (χ4v) is 1.70. The van der Waals surface area contributed by atoms with Crippen LogP contribution < -0.4 is 15.8 Å². The Hall–Kier alpha value is -0.780. The summed E-state index contributed by atoms with van der Waals surface area (Å²) in [4.78, 5) is 11.9. The van der Waals surface area contributed by atoms with Gasteiger partial charge in [-0.25, -0.2) is 0 Å². The van der Waals surface area contributed by atoms with Crippen LogP contribution in [0.15, 0.2) is 22.7 Å². The molecule has 0 spiro atoms. The summed E-state index contributed by atoms with van der Waals surface area (Å²) in [5.74, 6) is 0.300. The molecule has 108 valence electrons. The first-order valence-corrected chi connectivity index (χ1v) is 6.73. The molecular weight excluding hydrogens is 332 g/mol. The van der Waals surface area contributed by atoms with E-state index in [1.165, 1.54) is 0 Å². The maximum Gasteiger partial charge on any atom is 0.228 e. The molecule has 19 heavy (non-hydrogen) atoms. The van der Waals surface area contributed by atoms with Gasteiger partial charge in [-0.05, 0) is 32.0 Å². The normalized spacial score (nSPS) is 13.1. The van der Waals surface area contributed by atoms with Crippen LogP contribution in [0.4, 0.5) is 5.69 Å². The summed E-state index contributed by atoms with van der Waals surface area (Å²) in [6, 6.07) is 5.31. The van der Waals surface area contributed by atoms with Crippen LogP contribution in [0, 0.1) is 5.92 Å². The Bertz CT molecular complexity index is 427. The van der Waals surface area contributed by atoms with Crippen LogP contribution in [0.3, 0.4) is 0 Å². The van der Waals surface area contributed by atoms with E-state index >= 15 is 0 Å². The van der Waals surface area contributed by atoms with E-state index < -0.39 is 0 Å². The topological polar surface area (TPSA) is 64.3 Å². The molecule has 0 aromatic heterocycles. The highest BCUT2D eigenvalue weighted by Gasteiger charge is 2.18. The number of amides is 1. The molecule has 6 heteroatoms. The van der Waals surface area contributed by atoms with E-state index in [1.807, 2.05) is 26.0 Å². The SMILES string of the molecule is CCOc1cc(Br)ccc1NC(=O)C(C)C(C)N.Cl. The van der Waals surface area contributed by atoms with Crippen LogP contribution in [-0.4, -0.2) is 18.6 Å². The molecule has 0 saturated heterocycles. The number of nitrogens with two attached hydrogens (primary N) is 1. The second-order valence-corrected chi connectivity index (χ2v) is 5.13. The zero-order valence-corrected chi connectivity index (χ0v) is 13.7. The molecule has 0 saturated carbocycles. The van der Waals surface area contributed by atoms with Crippen LogP contribution in [0.25, 0.3) is 0 Å². The Labute approximate surface area is 128 Å². The van der Waals surface area contributed by atoms with E-state index in [0.29, 0.717) is 18.0 Å². The first-order chi connectivity index (χ1) is 8.45. The minimum Gasteiger partial charge on any atom is -0.492 e. The lowest BCUT2D eigenvalue weighted by Crippen LogP contribution is -2.34. The van der Waals surface area contributed by atoms with Gasteiger partial charge in [0.15, 0.2) is 0 Å². The molecule has 0 fully saturated rings. The number of anilines is 1. The Morgan fingerprint density at radius 3 is 2.63 bits per heavy atom. The van der Waals surface area contributed by atoms with Crippen molar-refractivity contribution < 1.29 is 9.53 Å². The highest BCUT2D eigenvalue weighted by Crippen LogP contribution is 2.28. The first kappa shape index (κ1) is 18.2. The van der Waals surface area contributed by atoms with Crippen molar-refractivity contribution in [2.45, 2.75) is 26.8 Å². The number of nitrogens with one attached hydrogen (secondary N) is 1. The number of carbonyl (C=O) groups is 1. The Morgan fingerprint density at radius 1 is 1.47 bits per heavy atom. The number of halogens is 2. The fraction of sp³-hybridized carbons (Fsp3) is 0.462. The largest absolute Gasteiger partial charge is 0.492 e. The smallest absolute Gasteiger partial charge is 0.228 e. The zero-order chi connectivity index (χ0) is 13.7. The molecule has 0 bridgehead atoms. The monoisotopic (exact) mass is 350 g/mol. The van der Waals surface area contributed by atoms with Crippen molar-refractivity contribution in [3.8, 4) is 5.75 Å². The third-order valence-electron chi connectivity index (χ3n) is 2.70. The molecule has 0 aliphatic heterocycles. The third-order valence-corrected chi connectivity index (χ3v) is 3.20. The highest BCUT2D eigenvalue weighted by atomic mass is 79.9. The summed E-state index contributed by atoms with van der Waals surface area (Å²) < 4.78 is 6.39. The molecule has 0 aliphatic carbocycles. The van der Waals surface area contributed by atoms with Gasteiger partial charge in [-0.3, -0.25) is 4.79 Å². The van der Waals surface area contributed by atoms with E-state index in [-0.39, 0.29) is 30.3 Å². The van der Waals surface area contributed by atoms with Crippen LogP contribution in [0.5, 0.6) is 5.75 Å². The molecule has 4 nitrogen and oxygen atoms in total. The molecule has 2 unspecified atom stereocenters. The van der Waals surface area contributed by atoms with Crippen molar-refractivity contribution in [2.75, 3.05) is 11.9 Å². The molecule has 1 aromatic rings. The molecule has 1 amide bonds. The zero-order valence-electron chi connectivity index (χ0n) is 11.3. The van der Waals surface area contributed by atoms with Crippen molar-refractivity contribution in [2.24, 2.45) is 11.7 Å². The summed E-state index contributed by atoms with van der Waals surface area (Å²) in [5.41, 5.74) is 6.38. The maximum atomic E-state index is 11.9. The van der Waals surface area contributed by atoms with Gasteiger partial charge in [0, 0.05) is 10.5 Å². The van der Waals surface area contributed by atoms with Crippen LogP contribution in [-0.2, 0) is 4.79 Å². The highest BCUT2D eigenvalue weighted by molar-refractivity contribution is 9.10. The summed E-state index contributed by atoms with van der Waals surface area (Å²) in [6.07, 6.45) is 0. The second-order valence-electron chi connectivity index (χ2n) is 4.21. The number of benzene rings is 1. The van der Waals surface area contributed by atoms with Crippen molar-refractivity contribution in [1.82, 2.24) is 0 Å². The van der Waals surface area contributed by atoms with Gasteiger partial charge in [0.25, 0.3) is 0 Å². The van der Waals surface area contributed by atoms with E-state index in [0.717, 1.165) is 4.47 Å². The van der Waals surface area contributed by atoms with E-state index in [1.54, 1.807) is 13.0 Å². The van der Waals surface area contributed by atoms with E-state index in [9.17, 15) is 4.79 Å². The van der Waals surface area contributed by atoms with Gasteiger partial charge in [-0.1, -0.05) is 22.9 Å². The maximum absolute atomic E-state index is 11.9. The lowest BCUT2D eigenvalue weighted by Gasteiger charge is -2.17. The van der Waals surface area contributed by atoms with Crippen molar-refractivity contribution >= 4 is 39.9 Å². The number of hydrogen-bond donors (Lipinski definition) is 2. The molecule has 0 heterocycles. The van der Waals surface area contributed by atoms with Gasteiger partial charge >= 0.3 is 0 Å². The molecule has 0 aliphatic rings. The Kier molecular flexibility index (Phi) is 8.06. The van der Waals surface area contributed by atoms with Gasteiger partial charge < -0.3 is 15.8 Å². The number of rotatable bonds is 5. The van der Waals surface area contributed by atoms with Gasteiger partial charge in [-0.2, -0.15) is 0 Å². The van der Waals surface area contributed by atoms with Crippen LogP contribution in [0.1, 0.15) is 20.8 Å². The summed E-state index contributed by atoms with van der Waals surface area (Å²) in [7, 11) is 0. The van der Waals surface area contributed by atoms with Gasteiger partial charge in [0.05, 0.1) is 18.2 Å². The van der Waals surface area contributed by atoms with Crippen molar-refractivity contribution in [3.05, 3.63) is 22.7 Å². The van der Waals surface area contributed by atoms with Gasteiger partial charge in [0.1, 0.15) is 5.75 Å². The lowest BCUT2D eigenvalue weighted by molar-refractivity contribution is -0.119. The second kappa shape index (κ2) is 8.40. The Balaban J connectivity index is 0.00000324. The minimum atomic E-state index is -0.247. The van der Waals surface area contributed by atoms with Gasteiger partial charge in [0.2, 0.25) is 5.91 Å². The number of carbonyl (C=O) groups excluding carboxylic acids is 1. The third kappa shape index (κ3) is 5.38. The van der Waals surface area contributed by atoms with E-state index in [2.05, 4.69) is 21.2 Å². The van der Waals surface area contributed by atoms with Crippen molar-refractivity contribution in [3.63, 3.8) is 0 Å². The van der Waals surface area contributed by atoms with Crippen LogP contribution in [0.2, 0.25) is 0 Å². The predicted octanol–water partition coefficient (Wildman–Crippen LogP) is 3.19. The molecule has 2 atom stereocenters. The van der Waals surface area contributed by atoms with Crippen LogP contribution >= 0.6 is 28.3 Å². The van der Waals surface area contributed by atoms with E-state index in [4.69, 9.17) is 10.5 Å². The average Bonchev–Trinajstić information content (AvgIpc) is 2.31. The molecule has 0 radical (unpaired) electrons. The lowest BCUT2D eigenvalue weighted by atomic mass is 10.0. The summed E-state index contributed by atoms with van der Waals surface area (Å²) in [5, 5.41) is 2.84. The minimum absolute atomic E-state index is 0. The number of ether oxygens (including phenoxy) is 1. The quantitative estimate of drug-likeness (QED) is 0.856. The number of hydrogen-bond acceptors (Lipinski definition) is 3. The first-order valence-electron chi connectivity index (χ1n) is 5.94.